The summed E-state index contributed by atoms with van der Waals surface area (Å²) in [6.45, 7) is 0.485. The van der Waals surface area contributed by atoms with Gasteiger partial charge in [-0.1, -0.05) is 5.16 Å². The summed E-state index contributed by atoms with van der Waals surface area (Å²) in [6, 6.07) is 10.8. The number of pyridine rings is 2. The molecule has 0 aromatic carbocycles. The summed E-state index contributed by atoms with van der Waals surface area (Å²) in [7, 11) is 1.58. The fraction of sp³-hybridized carbons (Fsp3) is 0.200. The lowest BCUT2D eigenvalue weighted by Gasteiger charge is -2.03. The second-order valence-corrected chi connectivity index (χ2v) is 4.44. The number of amides is 1. The number of nitrogens with one attached hydrogen (secondary N) is 1. The maximum Gasteiger partial charge on any atom is 0.315 e. The van der Waals surface area contributed by atoms with E-state index < -0.39 is 0 Å². The monoisotopic (exact) mass is 302 g/mol. The quantitative estimate of drug-likeness (QED) is 0.343. The lowest BCUT2D eigenvalue weighted by Crippen LogP contribution is -2.46. The molecule has 0 spiro atoms. The van der Waals surface area contributed by atoms with Crippen molar-refractivity contribution in [1.82, 2.24) is 5.32 Å². The zero-order chi connectivity index (χ0) is 15.8. The molecule has 114 valence electrons. The van der Waals surface area contributed by atoms with Crippen LogP contribution in [0.25, 0.3) is 0 Å². The highest BCUT2D eigenvalue weighted by Crippen LogP contribution is 1.93. The SMILES string of the molecule is CNC(=O)c1cccc[n+]1COC[n+]1ccccc1/C=N/O. The van der Waals surface area contributed by atoms with E-state index in [0.717, 1.165) is 0 Å². The van der Waals surface area contributed by atoms with Crippen molar-refractivity contribution in [3.8, 4) is 0 Å². The highest BCUT2D eigenvalue weighted by molar-refractivity contribution is 5.90. The maximum atomic E-state index is 11.8. The van der Waals surface area contributed by atoms with Gasteiger partial charge in [-0.25, -0.2) is 0 Å². The first-order chi connectivity index (χ1) is 10.8. The Morgan fingerprint density at radius 1 is 1.23 bits per heavy atom. The third-order valence-electron chi connectivity index (χ3n) is 3.03. The number of hydrogen-bond donors (Lipinski definition) is 2. The Balaban J connectivity index is 2.05. The van der Waals surface area contributed by atoms with Gasteiger partial charge in [0, 0.05) is 31.3 Å². The van der Waals surface area contributed by atoms with Crippen LogP contribution in [-0.4, -0.2) is 24.4 Å². The third kappa shape index (κ3) is 3.86. The highest BCUT2D eigenvalue weighted by Gasteiger charge is 2.17. The summed E-state index contributed by atoms with van der Waals surface area (Å²) in [5.41, 5.74) is 1.22. The van der Waals surface area contributed by atoms with E-state index in [1.165, 1.54) is 6.21 Å². The van der Waals surface area contributed by atoms with Crippen LogP contribution in [-0.2, 0) is 18.2 Å². The molecule has 0 radical (unpaired) electrons. The molecular formula is C15H18N4O3+2. The van der Waals surface area contributed by atoms with E-state index in [2.05, 4.69) is 10.5 Å². The number of carbonyl (C=O) groups is 1. The van der Waals surface area contributed by atoms with Gasteiger partial charge in [0.15, 0.2) is 12.4 Å². The zero-order valence-corrected chi connectivity index (χ0v) is 12.2. The second kappa shape index (κ2) is 7.84. The van der Waals surface area contributed by atoms with Crippen LogP contribution in [0.5, 0.6) is 0 Å². The molecule has 7 nitrogen and oxygen atoms in total. The minimum Gasteiger partial charge on any atom is -0.411 e. The lowest BCUT2D eigenvalue weighted by atomic mass is 10.3. The Labute approximate surface area is 128 Å². The van der Waals surface area contributed by atoms with E-state index in [4.69, 9.17) is 9.94 Å². The van der Waals surface area contributed by atoms with Crippen LogP contribution in [0.3, 0.4) is 0 Å². The van der Waals surface area contributed by atoms with Gasteiger partial charge >= 0.3 is 5.91 Å². The number of rotatable bonds is 6. The molecule has 0 fully saturated rings. The van der Waals surface area contributed by atoms with E-state index in [-0.39, 0.29) is 19.4 Å². The molecule has 7 heteroatoms. The van der Waals surface area contributed by atoms with Gasteiger partial charge in [-0.15, -0.1) is 0 Å². The van der Waals surface area contributed by atoms with Crippen molar-refractivity contribution >= 4 is 12.1 Å². The normalized spacial score (nSPS) is 10.8. The van der Waals surface area contributed by atoms with Crippen molar-refractivity contribution in [2.45, 2.75) is 13.5 Å². The first kappa shape index (κ1) is 15.6. The molecule has 0 aliphatic carbocycles. The summed E-state index contributed by atoms with van der Waals surface area (Å²) >= 11 is 0. The summed E-state index contributed by atoms with van der Waals surface area (Å²) < 4.78 is 9.12. The first-order valence-corrected chi connectivity index (χ1v) is 6.70. The molecule has 22 heavy (non-hydrogen) atoms. The fourth-order valence-corrected chi connectivity index (χ4v) is 1.94. The number of ether oxygens (including phenoxy) is 1. The molecule has 0 saturated carbocycles. The van der Waals surface area contributed by atoms with E-state index in [0.29, 0.717) is 11.4 Å². The van der Waals surface area contributed by atoms with Crippen LogP contribution < -0.4 is 14.5 Å². The molecule has 0 atom stereocenters. The number of nitrogens with zero attached hydrogens (tertiary/aromatic N) is 3. The van der Waals surface area contributed by atoms with Crippen molar-refractivity contribution in [3.63, 3.8) is 0 Å². The summed E-state index contributed by atoms with van der Waals surface area (Å²) in [5.74, 6) is -0.176. The zero-order valence-electron chi connectivity index (χ0n) is 12.2. The van der Waals surface area contributed by atoms with Gasteiger partial charge < -0.3 is 10.5 Å². The standard InChI is InChI=1S/C15H16N4O3/c1-16-15(20)14-7-3-5-9-19(14)12-22-11-18-8-4-2-6-13(18)10-17-21/h2-10H,11-12H2,1H3/p+2. The van der Waals surface area contributed by atoms with E-state index >= 15 is 0 Å². The third-order valence-corrected chi connectivity index (χ3v) is 3.03. The number of aromatic nitrogens is 2. The average molecular weight is 302 g/mol. The minimum absolute atomic E-state index is 0.176. The summed E-state index contributed by atoms with van der Waals surface area (Å²) in [6.07, 6.45) is 4.91. The number of carbonyl (C=O) groups excluding carboxylic acids is 1. The average Bonchev–Trinajstić information content (AvgIpc) is 2.56. The molecule has 0 aliphatic heterocycles. The summed E-state index contributed by atoms with van der Waals surface area (Å²) in [5, 5.41) is 14.3. The Morgan fingerprint density at radius 3 is 2.64 bits per heavy atom. The Bertz CT molecular complexity index is 673. The Morgan fingerprint density at radius 2 is 1.91 bits per heavy atom. The highest BCUT2D eigenvalue weighted by atomic mass is 16.5. The van der Waals surface area contributed by atoms with Gasteiger partial charge in [-0.3, -0.25) is 9.53 Å². The molecule has 0 aliphatic rings. The van der Waals surface area contributed by atoms with Crippen LogP contribution in [0, 0.1) is 0 Å². The van der Waals surface area contributed by atoms with Crippen LogP contribution in [0.1, 0.15) is 16.2 Å². The smallest absolute Gasteiger partial charge is 0.315 e. The van der Waals surface area contributed by atoms with Gasteiger partial charge in [0.05, 0.1) is 0 Å². The first-order valence-electron chi connectivity index (χ1n) is 6.70. The van der Waals surface area contributed by atoms with Crippen LogP contribution in [0.4, 0.5) is 0 Å². The van der Waals surface area contributed by atoms with Crippen LogP contribution >= 0.6 is 0 Å². The fourth-order valence-electron chi connectivity index (χ4n) is 1.94. The lowest BCUT2D eigenvalue weighted by molar-refractivity contribution is -0.789. The second-order valence-electron chi connectivity index (χ2n) is 4.44. The van der Waals surface area contributed by atoms with Crippen LogP contribution in [0.15, 0.2) is 53.9 Å². The topological polar surface area (TPSA) is 78.7 Å². The van der Waals surface area contributed by atoms with Crippen LogP contribution in [0.2, 0.25) is 0 Å². The maximum absolute atomic E-state index is 11.8. The van der Waals surface area contributed by atoms with Gasteiger partial charge in [0.1, 0.15) is 6.21 Å². The van der Waals surface area contributed by atoms with Crippen molar-refractivity contribution in [2.24, 2.45) is 5.16 Å². The molecule has 1 amide bonds. The molecule has 2 heterocycles. The molecule has 2 rings (SSSR count). The van der Waals surface area contributed by atoms with Crippen molar-refractivity contribution in [2.75, 3.05) is 7.05 Å². The van der Waals surface area contributed by atoms with E-state index in [1.54, 1.807) is 40.6 Å². The van der Waals surface area contributed by atoms with E-state index in [1.807, 2.05) is 24.4 Å². The van der Waals surface area contributed by atoms with Gasteiger partial charge in [-0.2, -0.15) is 9.13 Å². The molecule has 0 bridgehead atoms. The largest absolute Gasteiger partial charge is 0.411 e. The van der Waals surface area contributed by atoms with Gasteiger partial charge in [0.25, 0.3) is 19.2 Å². The van der Waals surface area contributed by atoms with Gasteiger partial charge in [0.2, 0.25) is 5.69 Å². The molecular weight excluding hydrogens is 284 g/mol. The Hall–Kier alpha value is -2.80. The molecule has 2 N–H and O–H groups in total. The molecule has 2 aromatic heterocycles. The minimum atomic E-state index is -0.176. The van der Waals surface area contributed by atoms with Crippen molar-refractivity contribution in [3.05, 3.63) is 60.2 Å². The molecule has 0 unspecified atom stereocenters. The predicted molar refractivity (Wildman–Crippen MR) is 77.1 cm³/mol. The number of hydrogen-bond acceptors (Lipinski definition) is 4. The number of oxime groups is 1. The Kier molecular flexibility index (Phi) is 5.56. The summed E-state index contributed by atoms with van der Waals surface area (Å²) in [4.78, 5) is 11.8. The van der Waals surface area contributed by atoms with E-state index in [9.17, 15) is 4.79 Å². The van der Waals surface area contributed by atoms with Gasteiger partial charge in [-0.05, 0) is 12.1 Å². The molecule has 2 aromatic rings. The predicted octanol–water partition coefficient (Wildman–Crippen LogP) is 0.0611. The molecule has 0 saturated heterocycles. The van der Waals surface area contributed by atoms with Crippen molar-refractivity contribution in [1.29, 1.82) is 0 Å². The van der Waals surface area contributed by atoms with Crippen molar-refractivity contribution < 1.29 is 23.9 Å².